The van der Waals surface area contributed by atoms with E-state index in [1.54, 1.807) is 13.1 Å². The van der Waals surface area contributed by atoms with Gasteiger partial charge < -0.3 is 4.90 Å². The molecule has 0 saturated carbocycles. The molecule has 1 rings (SSSR count). The van der Waals surface area contributed by atoms with Gasteiger partial charge in [-0.3, -0.25) is 4.99 Å². The Labute approximate surface area is 94.2 Å². The zero-order valence-corrected chi connectivity index (χ0v) is 9.89. The predicted molar refractivity (Wildman–Crippen MR) is 63.9 cm³/mol. The third-order valence-electron chi connectivity index (χ3n) is 2.10. The molecule has 0 amide bonds. The molecule has 1 aromatic carbocycles. The van der Waals surface area contributed by atoms with Crippen LogP contribution in [0.25, 0.3) is 0 Å². The molecule has 4 heteroatoms. The van der Waals surface area contributed by atoms with Crippen molar-refractivity contribution in [3.63, 3.8) is 0 Å². The zero-order chi connectivity index (χ0) is 10.7. The second-order valence-electron chi connectivity index (χ2n) is 2.93. The highest BCUT2D eigenvalue weighted by Crippen LogP contribution is 2.26. The van der Waals surface area contributed by atoms with Gasteiger partial charge in [0, 0.05) is 19.8 Å². The van der Waals surface area contributed by atoms with Crippen LogP contribution in [-0.2, 0) is 0 Å². The minimum Gasteiger partial charge on any atom is -0.333 e. The van der Waals surface area contributed by atoms with Gasteiger partial charge in [0.1, 0.15) is 0 Å². The Morgan fingerprint density at radius 1 is 1.29 bits per heavy atom. The van der Waals surface area contributed by atoms with Gasteiger partial charge in [-0.05, 0) is 25.1 Å². The summed E-state index contributed by atoms with van der Waals surface area (Å²) >= 11 is 11.7. The SMILES string of the molecule is CN=C(C)N(C)c1ccc(Cl)c(Cl)c1. The minimum atomic E-state index is 0.555. The van der Waals surface area contributed by atoms with Gasteiger partial charge in [-0.1, -0.05) is 23.2 Å². The van der Waals surface area contributed by atoms with Crippen molar-refractivity contribution in [1.29, 1.82) is 0 Å². The molecule has 0 spiro atoms. The number of aliphatic imine (C=N–C) groups is 1. The van der Waals surface area contributed by atoms with Gasteiger partial charge in [-0.2, -0.15) is 0 Å². The molecule has 0 aliphatic heterocycles. The Bertz CT molecular complexity index is 361. The van der Waals surface area contributed by atoms with Gasteiger partial charge >= 0.3 is 0 Å². The first-order valence-electron chi connectivity index (χ1n) is 4.18. The number of hydrogen-bond donors (Lipinski definition) is 0. The molecule has 0 N–H and O–H groups in total. The van der Waals surface area contributed by atoms with Crippen LogP contribution >= 0.6 is 23.2 Å². The number of amidine groups is 1. The van der Waals surface area contributed by atoms with E-state index in [0.717, 1.165) is 11.5 Å². The average Bonchev–Trinajstić information content (AvgIpc) is 2.20. The standard InChI is InChI=1S/C10H12Cl2N2/c1-7(13-2)14(3)8-4-5-9(11)10(12)6-8/h4-6H,1-3H3. The smallest absolute Gasteiger partial charge is 0.0995 e. The Morgan fingerprint density at radius 2 is 1.93 bits per heavy atom. The zero-order valence-electron chi connectivity index (χ0n) is 8.38. The quantitative estimate of drug-likeness (QED) is 0.533. The first-order valence-corrected chi connectivity index (χ1v) is 4.94. The highest BCUT2D eigenvalue weighted by atomic mass is 35.5. The summed E-state index contributed by atoms with van der Waals surface area (Å²) in [6.45, 7) is 1.93. The van der Waals surface area contributed by atoms with E-state index in [-0.39, 0.29) is 0 Å². The van der Waals surface area contributed by atoms with Crippen LogP contribution in [0.4, 0.5) is 5.69 Å². The fourth-order valence-corrected chi connectivity index (χ4v) is 1.32. The van der Waals surface area contributed by atoms with Crippen molar-refractivity contribution in [2.75, 3.05) is 19.0 Å². The van der Waals surface area contributed by atoms with Crippen LogP contribution < -0.4 is 4.90 Å². The molecule has 0 aliphatic rings. The molecule has 2 nitrogen and oxygen atoms in total. The Morgan fingerprint density at radius 3 is 2.43 bits per heavy atom. The third kappa shape index (κ3) is 2.40. The van der Waals surface area contributed by atoms with E-state index in [4.69, 9.17) is 23.2 Å². The van der Waals surface area contributed by atoms with E-state index in [1.165, 1.54) is 0 Å². The number of anilines is 1. The lowest BCUT2D eigenvalue weighted by Gasteiger charge is -2.18. The summed E-state index contributed by atoms with van der Waals surface area (Å²) < 4.78 is 0. The van der Waals surface area contributed by atoms with Gasteiger partial charge in [-0.25, -0.2) is 0 Å². The molecule has 76 valence electrons. The lowest BCUT2D eigenvalue weighted by atomic mass is 10.3. The number of rotatable bonds is 1. The maximum Gasteiger partial charge on any atom is 0.0995 e. The Balaban J connectivity index is 3.03. The number of halogens is 2. The van der Waals surface area contributed by atoms with E-state index >= 15 is 0 Å². The summed E-state index contributed by atoms with van der Waals surface area (Å²) in [7, 11) is 3.69. The average molecular weight is 231 g/mol. The van der Waals surface area contributed by atoms with Crippen molar-refractivity contribution in [1.82, 2.24) is 0 Å². The number of hydrogen-bond acceptors (Lipinski definition) is 1. The molecule has 0 fully saturated rings. The minimum absolute atomic E-state index is 0.555. The van der Waals surface area contributed by atoms with E-state index in [9.17, 15) is 0 Å². The van der Waals surface area contributed by atoms with E-state index in [0.29, 0.717) is 10.0 Å². The third-order valence-corrected chi connectivity index (χ3v) is 2.84. The lowest BCUT2D eigenvalue weighted by Crippen LogP contribution is -2.23. The van der Waals surface area contributed by atoms with Crippen molar-refractivity contribution in [2.45, 2.75) is 6.92 Å². The number of nitrogens with zero attached hydrogens (tertiary/aromatic N) is 2. The maximum absolute atomic E-state index is 5.91. The summed E-state index contributed by atoms with van der Waals surface area (Å²) in [5.74, 6) is 0.920. The molecule has 0 unspecified atom stereocenters. The Hall–Kier alpha value is -0.730. The maximum atomic E-state index is 5.91. The predicted octanol–water partition coefficient (Wildman–Crippen LogP) is 3.48. The topological polar surface area (TPSA) is 15.6 Å². The lowest BCUT2D eigenvalue weighted by molar-refractivity contribution is 1.22. The van der Waals surface area contributed by atoms with Crippen LogP contribution in [0.1, 0.15) is 6.92 Å². The van der Waals surface area contributed by atoms with E-state index < -0.39 is 0 Å². The van der Waals surface area contributed by atoms with Gasteiger partial charge in [0.2, 0.25) is 0 Å². The summed E-state index contributed by atoms with van der Waals surface area (Å²) in [6, 6.07) is 5.50. The molecular weight excluding hydrogens is 219 g/mol. The molecule has 0 atom stereocenters. The van der Waals surface area contributed by atoms with Crippen LogP contribution in [0.2, 0.25) is 10.0 Å². The molecule has 0 bridgehead atoms. The van der Waals surface area contributed by atoms with Gasteiger partial charge in [0.15, 0.2) is 0 Å². The van der Waals surface area contributed by atoms with E-state index in [1.807, 2.05) is 31.0 Å². The Kier molecular flexibility index (Phi) is 3.78. The van der Waals surface area contributed by atoms with Crippen molar-refractivity contribution < 1.29 is 0 Å². The second-order valence-corrected chi connectivity index (χ2v) is 3.74. The fourth-order valence-electron chi connectivity index (χ4n) is 1.03. The summed E-state index contributed by atoms with van der Waals surface area (Å²) in [6.07, 6.45) is 0. The first kappa shape index (κ1) is 11.3. The van der Waals surface area contributed by atoms with E-state index in [2.05, 4.69) is 4.99 Å². The molecule has 0 radical (unpaired) electrons. The van der Waals surface area contributed by atoms with Crippen molar-refractivity contribution in [3.05, 3.63) is 28.2 Å². The van der Waals surface area contributed by atoms with Crippen LogP contribution in [0.5, 0.6) is 0 Å². The fraction of sp³-hybridized carbons (Fsp3) is 0.300. The van der Waals surface area contributed by atoms with Crippen LogP contribution in [0.3, 0.4) is 0 Å². The van der Waals surface area contributed by atoms with Crippen LogP contribution in [-0.4, -0.2) is 19.9 Å². The molecule has 0 aromatic heterocycles. The van der Waals surface area contributed by atoms with Crippen LogP contribution in [0.15, 0.2) is 23.2 Å². The molecule has 0 aliphatic carbocycles. The normalized spacial score (nSPS) is 11.6. The molecule has 1 aromatic rings. The second kappa shape index (κ2) is 4.67. The summed E-state index contributed by atoms with van der Waals surface area (Å²) in [4.78, 5) is 6.03. The van der Waals surface area contributed by atoms with Crippen molar-refractivity contribution in [3.8, 4) is 0 Å². The monoisotopic (exact) mass is 230 g/mol. The first-order chi connectivity index (χ1) is 6.56. The number of benzene rings is 1. The van der Waals surface area contributed by atoms with Gasteiger partial charge in [0.25, 0.3) is 0 Å². The largest absolute Gasteiger partial charge is 0.333 e. The molecule has 0 saturated heterocycles. The van der Waals surface area contributed by atoms with Gasteiger partial charge in [-0.15, -0.1) is 0 Å². The highest BCUT2D eigenvalue weighted by Gasteiger charge is 2.05. The molecular formula is C10H12Cl2N2. The van der Waals surface area contributed by atoms with Crippen molar-refractivity contribution >= 4 is 34.7 Å². The summed E-state index contributed by atoms with van der Waals surface area (Å²) in [5, 5.41) is 1.12. The highest BCUT2D eigenvalue weighted by molar-refractivity contribution is 6.42. The van der Waals surface area contributed by atoms with Crippen molar-refractivity contribution in [2.24, 2.45) is 4.99 Å². The van der Waals surface area contributed by atoms with Crippen LogP contribution in [0, 0.1) is 0 Å². The molecule has 0 heterocycles. The molecule has 14 heavy (non-hydrogen) atoms. The van der Waals surface area contributed by atoms with Gasteiger partial charge in [0.05, 0.1) is 15.9 Å². The summed E-state index contributed by atoms with van der Waals surface area (Å²) in [5.41, 5.74) is 0.975.